The van der Waals surface area contributed by atoms with Gasteiger partial charge in [-0.2, -0.15) is 0 Å². The van der Waals surface area contributed by atoms with Crippen molar-refractivity contribution < 1.29 is 17.9 Å². The molecule has 0 bridgehead atoms. The maximum absolute atomic E-state index is 12.9. The van der Waals surface area contributed by atoms with Crippen LogP contribution in [0.15, 0.2) is 12.1 Å². The summed E-state index contributed by atoms with van der Waals surface area (Å²) in [5.41, 5.74) is 1.39. The standard InChI is InChI=1S/C18H29N3O4S/c1-5-15(16-8-7-9-19-16)20-18(22)14-11-13(21-26(23,24)6-2)10-12(3)17(14)25-4/h10-11,15-16,19,21H,5-9H2,1-4H3,(H,20,22). The molecule has 3 N–H and O–H groups in total. The molecule has 8 heteroatoms. The smallest absolute Gasteiger partial charge is 0.255 e. The second-order valence-electron chi connectivity index (χ2n) is 6.57. The molecule has 1 amide bonds. The van der Waals surface area contributed by atoms with Crippen LogP contribution >= 0.6 is 0 Å². The molecule has 0 aromatic heterocycles. The molecule has 0 spiro atoms. The Bertz CT molecular complexity index is 743. The zero-order valence-electron chi connectivity index (χ0n) is 15.9. The van der Waals surface area contributed by atoms with Gasteiger partial charge in [-0.05, 0) is 57.4 Å². The molecule has 2 unspecified atom stereocenters. The van der Waals surface area contributed by atoms with Gasteiger partial charge in [-0.1, -0.05) is 6.92 Å². The van der Waals surface area contributed by atoms with Gasteiger partial charge in [0, 0.05) is 17.8 Å². The van der Waals surface area contributed by atoms with Crippen molar-refractivity contribution in [1.29, 1.82) is 0 Å². The van der Waals surface area contributed by atoms with Crippen molar-refractivity contribution in [2.24, 2.45) is 0 Å². The van der Waals surface area contributed by atoms with Crippen LogP contribution in [0.2, 0.25) is 0 Å². The molecule has 146 valence electrons. The average molecular weight is 384 g/mol. The number of ether oxygens (including phenoxy) is 1. The van der Waals surface area contributed by atoms with Gasteiger partial charge in [-0.25, -0.2) is 8.42 Å². The Morgan fingerprint density at radius 1 is 1.38 bits per heavy atom. The van der Waals surface area contributed by atoms with Crippen molar-refractivity contribution in [1.82, 2.24) is 10.6 Å². The van der Waals surface area contributed by atoms with Crippen LogP contribution in [0.1, 0.15) is 49.0 Å². The summed E-state index contributed by atoms with van der Waals surface area (Å²) in [6.07, 6.45) is 2.95. The molecule has 1 aliphatic heterocycles. The van der Waals surface area contributed by atoms with Gasteiger partial charge in [-0.3, -0.25) is 9.52 Å². The third-order valence-electron chi connectivity index (χ3n) is 4.72. The largest absolute Gasteiger partial charge is 0.496 e. The minimum absolute atomic E-state index is 0.0194. The van der Waals surface area contributed by atoms with E-state index in [9.17, 15) is 13.2 Å². The Balaban J connectivity index is 2.29. The van der Waals surface area contributed by atoms with E-state index in [0.717, 1.165) is 25.8 Å². The molecule has 2 rings (SSSR count). The Hall–Kier alpha value is -1.80. The van der Waals surface area contributed by atoms with Crippen LogP contribution in [0.4, 0.5) is 5.69 Å². The highest BCUT2D eigenvalue weighted by atomic mass is 32.2. The van der Waals surface area contributed by atoms with Gasteiger partial charge < -0.3 is 15.4 Å². The van der Waals surface area contributed by atoms with Crippen molar-refractivity contribution >= 4 is 21.6 Å². The molecule has 1 saturated heterocycles. The average Bonchev–Trinajstić information content (AvgIpc) is 3.13. The zero-order chi connectivity index (χ0) is 19.3. The normalized spacial score (nSPS) is 18.4. The first-order valence-corrected chi connectivity index (χ1v) is 10.7. The van der Waals surface area contributed by atoms with Crippen LogP contribution in [0, 0.1) is 6.92 Å². The number of carbonyl (C=O) groups is 1. The highest BCUT2D eigenvalue weighted by Crippen LogP contribution is 2.28. The Morgan fingerprint density at radius 2 is 2.12 bits per heavy atom. The number of sulfonamides is 1. The Kier molecular flexibility index (Phi) is 6.88. The van der Waals surface area contributed by atoms with E-state index in [4.69, 9.17) is 4.74 Å². The first-order valence-electron chi connectivity index (χ1n) is 9.04. The molecule has 1 heterocycles. The lowest BCUT2D eigenvalue weighted by Gasteiger charge is -2.24. The number of amides is 1. The number of rotatable bonds is 8. The van der Waals surface area contributed by atoms with Gasteiger partial charge in [-0.15, -0.1) is 0 Å². The molecule has 1 aromatic carbocycles. The predicted molar refractivity (Wildman–Crippen MR) is 103 cm³/mol. The SMILES string of the molecule is CCC(NC(=O)c1cc(NS(=O)(=O)CC)cc(C)c1OC)C1CCCN1. The van der Waals surface area contributed by atoms with Crippen LogP contribution in [0.25, 0.3) is 0 Å². The highest BCUT2D eigenvalue weighted by molar-refractivity contribution is 7.92. The zero-order valence-corrected chi connectivity index (χ0v) is 16.7. The molecule has 26 heavy (non-hydrogen) atoms. The monoisotopic (exact) mass is 383 g/mol. The Morgan fingerprint density at radius 3 is 2.65 bits per heavy atom. The number of aryl methyl sites for hydroxylation is 1. The second kappa shape index (κ2) is 8.73. The maximum atomic E-state index is 12.9. The molecule has 1 fully saturated rings. The molecule has 0 radical (unpaired) electrons. The number of nitrogens with one attached hydrogen (secondary N) is 3. The van der Waals surface area contributed by atoms with Gasteiger partial charge in [0.15, 0.2) is 0 Å². The van der Waals surface area contributed by atoms with Crippen LogP contribution < -0.4 is 20.1 Å². The van der Waals surface area contributed by atoms with Crippen molar-refractivity contribution in [2.75, 3.05) is 24.1 Å². The minimum atomic E-state index is -3.42. The van der Waals surface area contributed by atoms with E-state index in [1.165, 1.54) is 13.2 Å². The third kappa shape index (κ3) is 4.88. The van der Waals surface area contributed by atoms with Crippen LogP contribution in [-0.2, 0) is 10.0 Å². The van der Waals surface area contributed by atoms with Crippen molar-refractivity contribution in [3.05, 3.63) is 23.3 Å². The van der Waals surface area contributed by atoms with Crippen LogP contribution in [-0.4, -0.2) is 45.8 Å². The number of carbonyl (C=O) groups excluding carboxylic acids is 1. The van der Waals surface area contributed by atoms with Gasteiger partial charge in [0.2, 0.25) is 10.0 Å². The maximum Gasteiger partial charge on any atom is 0.255 e. The summed E-state index contributed by atoms with van der Waals surface area (Å²) < 4.78 is 31.6. The third-order valence-corrected chi connectivity index (χ3v) is 6.02. The van der Waals surface area contributed by atoms with Gasteiger partial charge in [0.25, 0.3) is 5.91 Å². The van der Waals surface area contributed by atoms with E-state index in [0.29, 0.717) is 22.6 Å². The topological polar surface area (TPSA) is 96.5 Å². The molecule has 2 atom stereocenters. The van der Waals surface area contributed by atoms with Crippen molar-refractivity contribution in [2.45, 2.75) is 52.1 Å². The van der Waals surface area contributed by atoms with E-state index in [2.05, 4.69) is 15.4 Å². The van der Waals surface area contributed by atoms with Gasteiger partial charge in [0.1, 0.15) is 5.75 Å². The molecule has 1 aromatic rings. The van der Waals surface area contributed by atoms with Gasteiger partial charge in [0.05, 0.1) is 18.4 Å². The summed E-state index contributed by atoms with van der Waals surface area (Å²) in [4.78, 5) is 12.9. The van der Waals surface area contributed by atoms with Gasteiger partial charge >= 0.3 is 0 Å². The molecule has 7 nitrogen and oxygen atoms in total. The molecule has 1 aliphatic rings. The lowest BCUT2D eigenvalue weighted by atomic mass is 10.0. The number of anilines is 1. The fourth-order valence-corrected chi connectivity index (χ4v) is 3.93. The summed E-state index contributed by atoms with van der Waals surface area (Å²) in [5, 5.41) is 6.49. The summed E-state index contributed by atoms with van der Waals surface area (Å²) in [6.45, 7) is 6.36. The quantitative estimate of drug-likeness (QED) is 0.638. The molecule has 0 saturated carbocycles. The van der Waals surface area contributed by atoms with Crippen LogP contribution in [0.5, 0.6) is 5.75 Å². The molecular weight excluding hydrogens is 354 g/mol. The van der Waals surface area contributed by atoms with Crippen molar-refractivity contribution in [3.8, 4) is 5.75 Å². The van der Waals surface area contributed by atoms with E-state index in [1.807, 2.05) is 6.92 Å². The van der Waals surface area contributed by atoms with E-state index in [-0.39, 0.29) is 23.7 Å². The summed E-state index contributed by atoms with van der Waals surface area (Å²) in [7, 11) is -1.92. The second-order valence-corrected chi connectivity index (χ2v) is 8.58. The first kappa shape index (κ1) is 20.5. The fourth-order valence-electron chi connectivity index (χ4n) is 3.31. The van der Waals surface area contributed by atoms with E-state index < -0.39 is 10.0 Å². The lowest BCUT2D eigenvalue weighted by molar-refractivity contribution is 0.0924. The first-order chi connectivity index (χ1) is 12.3. The number of benzene rings is 1. The summed E-state index contributed by atoms with van der Waals surface area (Å²) in [5.74, 6) is 0.157. The predicted octanol–water partition coefficient (Wildman–Crippen LogP) is 2.03. The number of methoxy groups -OCH3 is 1. The summed E-state index contributed by atoms with van der Waals surface area (Å²) >= 11 is 0. The fraction of sp³-hybridized carbons (Fsp3) is 0.611. The van der Waals surface area contributed by atoms with Crippen LogP contribution in [0.3, 0.4) is 0 Å². The Labute approximate surface area is 155 Å². The number of hydrogen-bond acceptors (Lipinski definition) is 5. The summed E-state index contributed by atoms with van der Waals surface area (Å²) in [6, 6.07) is 3.48. The highest BCUT2D eigenvalue weighted by Gasteiger charge is 2.26. The molecular formula is C18H29N3O4S. The van der Waals surface area contributed by atoms with Crippen molar-refractivity contribution in [3.63, 3.8) is 0 Å². The lowest BCUT2D eigenvalue weighted by Crippen LogP contribution is -2.47. The van der Waals surface area contributed by atoms with E-state index >= 15 is 0 Å². The molecule has 0 aliphatic carbocycles. The van der Waals surface area contributed by atoms with E-state index in [1.54, 1.807) is 19.9 Å². The minimum Gasteiger partial charge on any atom is -0.496 e. The number of hydrogen-bond donors (Lipinski definition) is 3.